The van der Waals surface area contributed by atoms with Crippen molar-refractivity contribution in [3.8, 4) is 11.5 Å². The Hall–Kier alpha value is -3.97. The predicted octanol–water partition coefficient (Wildman–Crippen LogP) is 3.42. The molecule has 0 spiro atoms. The van der Waals surface area contributed by atoms with Gasteiger partial charge < -0.3 is 9.47 Å². The number of hydrazone groups is 1. The van der Waals surface area contributed by atoms with Gasteiger partial charge >= 0.3 is 0 Å². The van der Waals surface area contributed by atoms with Gasteiger partial charge in [-0.05, 0) is 62.4 Å². The number of ether oxygens (including phenoxy) is 2. The summed E-state index contributed by atoms with van der Waals surface area (Å²) >= 11 is 0. The number of hydrogen-bond donors (Lipinski definition) is 1. The average Bonchev–Trinajstić information content (AvgIpc) is 3.42. The molecule has 2 aromatic rings. The number of rotatable bonds is 8. The second-order valence-electron chi connectivity index (χ2n) is 8.42. The van der Waals surface area contributed by atoms with Crippen LogP contribution in [0.1, 0.15) is 70.0 Å². The summed E-state index contributed by atoms with van der Waals surface area (Å²) in [6.07, 6.45) is 5.02. The van der Waals surface area contributed by atoms with Gasteiger partial charge in [0, 0.05) is 0 Å². The highest BCUT2D eigenvalue weighted by molar-refractivity contribution is 6.21. The first kappa shape index (κ1) is 23.2. The minimum absolute atomic E-state index is 0.0510. The van der Waals surface area contributed by atoms with E-state index in [-0.39, 0.29) is 23.7 Å². The normalized spacial score (nSPS) is 16.1. The summed E-state index contributed by atoms with van der Waals surface area (Å²) in [5.74, 6) is -0.631. The van der Waals surface area contributed by atoms with Crippen molar-refractivity contribution in [3.05, 3.63) is 58.7 Å². The Balaban J connectivity index is 1.73. The number of hydrogen-bond acceptors (Lipinski definition) is 7. The third-order valence-corrected chi connectivity index (χ3v) is 6.16. The lowest BCUT2D eigenvalue weighted by Crippen LogP contribution is -2.37. The summed E-state index contributed by atoms with van der Waals surface area (Å²) in [6, 6.07) is 9.16. The van der Waals surface area contributed by atoms with E-state index >= 15 is 0 Å². The zero-order valence-corrected chi connectivity index (χ0v) is 19.0. The Morgan fingerprint density at radius 1 is 1.12 bits per heavy atom. The van der Waals surface area contributed by atoms with E-state index in [9.17, 15) is 19.2 Å². The van der Waals surface area contributed by atoms with Crippen LogP contribution >= 0.6 is 0 Å². The fourth-order valence-electron chi connectivity index (χ4n) is 4.50. The molecule has 1 unspecified atom stereocenters. The molecule has 1 N–H and O–H groups in total. The van der Waals surface area contributed by atoms with E-state index in [1.54, 1.807) is 36.4 Å². The maximum absolute atomic E-state index is 13.3. The van der Waals surface area contributed by atoms with Crippen LogP contribution in [0.5, 0.6) is 11.5 Å². The number of nitrogens with zero attached hydrogens (tertiary/aromatic N) is 2. The largest absolute Gasteiger partial charge is 0.493 e. The topological polar surface area (TPSA) is 114 Å². The maximum Gasteiger partial charge on any atom is 0.262 e. The standard InChI is InChI=1S/C25H25N3O6/c1-15-7-9-18-19(11-15)25(32)28(24(18)31)20(13-23(30)27-26-14-29)16-8-10-21(33-2)22(12-16)34-17-5-3-4-6-17/h7-12,17,20H,3-6,13H2,1-2H3,(H,27,30). The minimum Gasteiger partial charge on any atom is -0.493 e. The summed E-state index contributed by atoms with van der Waals surface area (Å²) < 4.78 is 11.6. The molecule has 2 aliphatic rings. The van der Waals surface area contributed by atoms with Crippen LogP contribution in [0.15, 0.2) is 41.5 Å². The number of nitrogens with one attached hydrogen (secondary N) is 1. The Labute approximate surface area is 196 Å². The van der Waals surface area contributed by atoms with E-state index in [1.165, 1.54) is 13.2 Å². The first-order valence-electron chi connectivity index (χ1n) is 11.1. The molecule has 176 valence electrons. The van der Waals surface area contributed by atoms with Crippen LogP contribution in [0, 0.1) is 6.92 Å². The van der Waals surface area contributed by atoms with E-state index in [4.69, 9.17) is 9.47 Å². The molecule has 34 heavy (non-hydrogen) atoms. The average molecular weight is 463 g/mol. The Bertz CT molecular complexity index is 1180. The van der Waals surface area contributed by atoms with Crippen molar-refractivity contribution in [1.29, 1.82) is 0 Å². The van der Waals surface area contributed by atoms with Crippen molar-refractivity contribution in [2.45, 2.75) is 51.2 Å². The number of carbonyl (C=O) groups is 3. The summed E-state index contributed by atoms with van der Waals surface area (Å²) in [5.41, 5.74) is 4.00. The van der Waals surface area contributed by atoms with Gasteiger partial charge in [0.2, 0.25) is 5.91 Å². The first-order chi connectivity index (χ1) is 16.4. The van der Waals surface area contributed by atoms with Gasteiger partial charge in [0.05, 0.1) is 36.8 Å². The molecule has 4 rings (SSSR count). The summed E-state index contributed by atoms with van der Waals surface area (Å²) in [4.78, 5) is 50.5. The molecular formula is C25H25N3O6. The zero-order valence-electron chi connectivity index (χ0n) is 19.0. The van der Waals surface area contributed by atoms with Crippen molar-refractivity contribution in [3.63, 3.8) is 0 Å². The van der Waals surface area contributed by atoms with Gasteiger partial charge in [-0.3, -0.25) is 19.3 Å². The van der Waals surface area contributed by atoms with E-state index in [0.717, 1.165) is 36.1 Å². The smallest absolute Gasteiger partial charge is 0.262 e. The summed E-state index contributed by atoms with van der Waals surface area (Å²) in [5, 5.41) is 3.11. The molecule has 0 aromatic heterocycles. The molecule has 9 heteroatoms. The lowest BCUT2D eigenvalue weighted by atomic mass is 10.0. The lowest BCUT2D eigenvalue weighted by Gasteiger charge is -2.27. The second kappa shape index (κ2) is 9.89. The van der Waals surface area contributed by atoms with Gasteiger partial charge in [-0.2, -0.15) is 0 Å². The number of amides is 3. The van der Waals surface area contributed by atoms with Crippen LogP contribution in [0.4, 0.5) is 0 Å². The minimum atomic E-state index is -0.952. The molecule has 1 aliphatic carbocycles. The van der Waals surface area contributed by atoms with Gasteiger partial charge in [-0.25, -0.2) is 10.2 Å². The number of benzene rings is 2. The van der Waals surface area contributed by atoms with Crippen molar-refractivity contribution in [2.75, 3.05) is 7.11 Å². The van der Waals surface area contributed by atoms with Crippen LogP contribution in [0.2, 0.25) is 0 Å². The molecule has 1 aliphatic heterocycles. The van der Waals surface area contributed by atoms with Crippen LogP contribution in [-0.4, -0.2) is 41.9 Å². The lowest BCUT2D eigenvalue weighted by molar-refractivity contribution is -0.121. The highest BCUT2D eigenvalue weighted by atomic mass is 16.5. The summed E-state index contributed by atoms with van der Waals surface area (Å²) in [6.45, 7) is 1.83. The number of methoxy groups -OCH3 is 1. The van der Waals surface area contributed by atoms with Crippen LogP contribution in [0.25, 0.3) is 0 Å². The molecule has 2 aromatic carbocycles. The van der Waals surface area contributed by atoms with Crippen LogP contribution in [0.3, 0.4) is 0 Å². The molecule has 0 saturated heterocycles. The third kappa shape index (κ3) is 4.56. The van der Waals surface area contributed by atoms with E-state index in [0.29, 0.717) is 17.1 Å². The fourth-order valence-corrected chi connectivity index (χ4v) is 4.50. The molecule has 0 radical (unpaired) electrons. The molecule has 3 amide bonds. The van der Waals surface area contributed by atoms with Crippen molar-refractivity contribution in [1.82, 2.24) is 10.3 Å². The van der Waals surface area contributed by atoms with E-state index in [2.05, 4.69) is 10.5 Å². The molecule has 0 bridgehead atoms. The Morgan fingerprint density at radius 3 is 2.56 bits per heavy atom. The van der Waals surface area contributed by atoms with E-state index < -0.39 is 23.8 Å². The van der Waals surface area contributed by atoms with Gasteiger partial charge in [0.25, 0.3) is 17.9 Å². The number of imide groups is 1. The second-order valence-corrected chi connectivity index (χ2v) is 8.42. The van der Waals surface area contributed by atoms with Crippen LogP contribution < -0.4 is 14.9 Å². The quantitative estimate of drug-likeness (QED) is 0.278. The number of aryl methyl sites for hydroxylation is 1. The molecule has 1 saturated carbocycles. The SMILES string of the molecule is COc1ccc(C(CC(=O)NN=C=O)N2C(=O)c3ccc(C)cc3C2=O)cc1OC1CCCC1. The van der Waals surface area contributed by atoms with Crippen LogP contribution in [-0.2, 0) is 9.59 Å². The number of isocyanates is 1. The molecule has 9 nitrogen and oxygen atoms in total. The maximum atomic E-state index is 13.3. The van der Waals surface area contributed by atoms with Crippen molar-refractivity contribution in [2.24, 2.45) is 5.10 Å². The molecule has 1 atom stereocenters. The molecular weight excluding hydrogens is 438 g/mol. The fraction of sp³-hybridized carbons (Fsp3) is 0.360. The monoisotopic (exact) mass is 463 g/mol. The van der Waals surface area contributed by atoms with Gasteiger partial charge in [0.15, 0.2) is 11.5 Å². The van der Waals surface area contributed by atoms with Crippen molar-refractivity contribution < 1.29 is 28.7 Å². The van der Waals surface area contributed by atoms with Gasteiger partial charge in [-0.15, -0.1) is 0 Å². The number of fused-ring (bicyclic) bond motifs is 1. The highest BCUT2D eigenvalue weighted by Crippen LogP contribution is 2.39. The Kier molecular flexibility index (Phi) is 6.75. The zero-order chi connectivity index (χ0) is 24.2. The number of carbonyl (C=O) groups excluding carboxylic acids is 4. The van der Waals surface area contributed by atoms with Gasteiger partial charge in [-0.1, -0.05) is 22.8 Å². The predicted molar refractivity (Wildman–Crippen MR) is 121 cm³/mol. The first-order valence-corrected chi connectivity index (χ1v) is 11.1. The van der Waals surface area contributed by atoms with E-state index in [1.807, 2.05) is 6.92 Å². The molecule has 1 heterocycles. The van der Waals surface area contributed by atoms with Crippen molar-refractivity contribution >= 4 is 23.8 Å². The highest BCUT2D eigenvalue weighted by Gasteiger charge is 2.41. The molecule has 1 fully saturated rings. The third-order valence-electron chi connectivity index (χ3n) is 6.16. The summed E-state index contributed by atoms with van der Waals surface area (Å²) in [7, 11) is 1.53. The van der Waals surface area contributed by atoms with Gasteiger partial charge in [0.1, 0.15) is 0 Å². The Morgan fingerprint density at radius 2 is 1.85 bits per heavy atom.